The normalized spacial score (nSPS) is 20.3. The van der Waals surface area contributed by atoms with Crippen molar-refractivity contribution in [3.63, 3.8) is 0 Å². The molecule has 3 heteroatoms. The lowest BCUT2D eigenvalue weighted by molar-refractivity contribution is -0.0891. The molecule has 98 valence electrons. The Morgan fingerprint density at radius 3 is 2.56 bits per heavy atom. The van der Waals surface area contributed by atoms with Crippen molar-refractivity contribution in [2.45, 2.75) is 51.6 Å². The van der Waals surface area contributed by atoms with Gasteiger partial charge < -0.3 is 0 Å². The van der Waals surface area contributed by atoms with Crippen molar-refractivity contribution >= 4 is 0 Å². The maximum atomic E-state index is 13.0. The molecule has 0 radical (unpaired) electrons. The van der Waals surface area contributed by atoms with Crippen LogP contribution in [0.5, 0.6) is 0 Å². The van der Waals surface area contributed by atoms with Gasteiger partial charge in [0, 0.05) is 11.5 Å². The first-order valence-electron chi connectivity index (χ1n) is 6.52. The highest BCUT2D eigenvalue weighted by atomic mass is 19.4. The van der Waals surface area contributed by atoms with Gasteiger partial charge in [-0.3, -0.25) is 0 Å². The van der Waals surface area contributed by atoms with E-state index >= 15 is 0 Å². The molecule has 0 N–H and O–H groups in total. The second-order valence-corrected chi connectivity index (χ2v) is 4.99. The fourth-order valence-corrected chi connectivity index (χ4v) is 2.10. The second-order valence-electron chi connectivity index (χ2n) is 4.99. The molecule has 0 bridgehead atoms. The molecule has 0 aliphatic heterocycles. The molecule has 0 heterocycles. The lowest BCUT2D eigenvalue weighted by Gasteiger charge is -2.19. The molecule has 1 saturated carbocycles. The summed E-state index contributed by atoms with van der Waals surface area (Å²) in [5.74, 6) is 6.05. The minimum absolute atomic E-state index is 0.286. The molecule has 2 aliphatic rings. The van der Waals surface area contributed by atoms with E-state index in [0.717, 1.165) is 37.7 Å². The van der Waals surface area contributed by atoms with Crippen LogP contribution in [0.25, 0.3) is 0 Å². The SMILES string of the molecule is CCCC1=CC(C(F)(F)F)=C(C#CC2CC2)CC1. The smallest absolute Gasteiger partial charge is 0.166 e. The third-order valence-corrected chi connectivity index (χ3v) is 3.25. The molecule has 0 spiro atoms. The van der Waals surface area contributed by atoms with Crippen LogP contribution >= 0.6 is 0 Å². The number of alkyl halides is 3. The van der Waals surface area contributed by atoms with Crippen LogP contribution in [0.1, 0.15) is 45.4 Å². The molecule has 2 rings (SSSR count). The van der Waals surface area contributed by atoms with Gasteiger partial charge in [-0.15, -0.1) is 0 Å². The fourth-order valence-electron chi connectivity index (χ4n) is 2.10. The molecule has 0 nitrogen and oxygen atoms in total. The third kappa shape index (κ3) is 3.41. The summed E-state index contributed by atoms with van der Waals surface area (Å²) in [5.41, 5.74) is 0.682. The summed E-state index contributed by atoms with van der Waals surface area (Å²) in [4.78, 5) is 0. The van der Waals surface area contributed by atoms with Crippen molar-refractivity contribution in [3.8, 4) is 11.8 Å². The van der Waals surface area contributed by atoms with Crippen LogP contribution in [0.3, 0.4) is 0 Å². The van der Waals surface area contributed by atoms with Crippen molar-refractivity contribution in [2.75, 3.05) is 0 Å². The maximum Gasteiger partial charge on any atom is 0.417 e. The highest BCUT2D eigenvalue weighted by molar-refractivity contribution is 5.46. The molecule has 1 fully saturated rings. The molecule has 2 aliphatic carbocycles. The van der Waals surface area contributed by atoms with Crippen molar-refractivity contribution in [1.29, 1.82) is 0 Å². The van der Waals surface area contributed by atoms with E-state index in [1.165, 1.54) is 6.08 Å². The quantitative estimate of drug-likeness (QED) is 0.622. The van der Waals surface area contributed by atoms with E-state index in [4.69, 9.17) is 0 Å². The van der Waals surface area contributed by atoms with Gasteiger partial charge in [-0.2, -0.15) is 13.2 Å². The molecule has 0 atom stereocenters. The summed E-state index contributed by atoms with van der Waals surface area (Å²) in [6.45, 7) is 1.99. The largest absolute Gasteiger partial charge is 0.417 e. The molecular formula is C15H17F3. The first-order valence-corrected chi connectivity index (χ1v) is 6.52. The summed E-state index contributed by atoms with van der Waals surface area (Å²) in [6, 6.07) is 0. The predicted octanol–water partition coefficient (Wildman–Crippen LogP) is 4.78. The Kier molecular flexibility index (Phi) is 3.85. The molecule has 18 heavy (non-hydrogen) atoms. The van der Waals surface area contributed by atoms with Crippen LogP contribution in [0.4, 0.5) is 13.2 Å². The van der Waals surface area contributed by atoms with Crippen LogP contribution in [0, 0.1) is 17.8 Å². The van der Waals surface area contributed by atoms with Gasteiger partial charge in [0.1, 0.15) is 0 Å². The van der Waals surface area contributed by atoms with Gasteiger partial charge in [-0.05, 0) is 38.2 Å². The van der Waals surface area contributed by atoms with Crippen LogP contribution in [0.2, 0.25) is 0 Å². The molecule has 0 aromatic heterocycles. The van der Waals surface area contributed by atoms with Gasteiger partial charge in [0.25, 0.3) is 0 Å². The molecule has 0 aromatic carbocycles. The molecule has 0 unspecified atom stereocenters. The first-order chi connectivity index (χ1) is 8.50. The van der Waals surface area contributed by atoms with Crippen LogP contribution in [0.15, 0.2) is 22.8 Å². The first kappa shape index (κ1) is 13.3. The predicted molar refractivity (Wildman–Crippen MR) is 65.8 cm³/mol. The zero-order chi connectivity index (χ0) is 13.2. The highest BCUT2D eigenvalue weighted by Crippen LogP contribution is 2.37. The Hall–Kier alpha value is -1.17. The van der Waals surface area contributed by atoms with Crippen molar-refractivity contribution in [3.05, 3.63) is 22.8 Å². The Balaban J connectivity index is 2.28. The lowest BCUT2D eigenvalue weighted by Crippen LogP contribution is -2.15. The third-order valence-electron chi connectivity index (χ3n) is 3.25. The van der Waals surface area contributed by atoms with Gasteiger partial charge >= 0.3 is 6.18 Å². The van der Waals surface area contributed by atoms with Crippen LogP contribution < -0.4 is 0 Å². The van der Waals surface area contributed by atoms with E-state index in [9.17, 15) is 13.2 Å². The molecule has 0 saturated heterocycles. The van der Waals surface area contributed by atoms with E-state index in [2.05, 4.69) is 11.8 Å². The summed E-state index contributed by atoms with van der Waals surface area (Å²) in [6.07, 6.45) is 1.94. The molecular weight excluding hydrogens is 237 g/mol. The monoisotopic (exact) mass is 254 g/mol. The van der Waals surface area contributed by atoms with Gasteiger partial charge in [-0.25, -0.2) is 0 Å². The van der Waals surface area contributed by atoms with Crippen LogP contribution in [-0.4, -0.2) is 6.18 Å². The lowest BCUT2D eigenvalue weighted by atomic mass is 9.90. The van der Waals surface area contributed by atoms with Gasteiger partial charge in [0.2, 0.25) is 0 Å². The van der Waals surface area contributed by atoms with Crippen molar-refractivity contribution < 1.29 is 13.2 Å². The van der Waals surface area contributed by atoms with E-state index in [1.807, 2.05) is 6.92 Å². The average molecular weight is 254 g/mol. The van der Waals surface area contributed by atoms with Crippen molar-refractivity contribution in [2.24, 2.45) is 5.92 Å². The molecule has 0 amide bonds. The number of hydrogen-bond donors (Lipinski definition) is 0. The molecule has 0 aromatic rings. The topological polar surface area (TPSA) is 0 Å². The van der Waals surface area contributed by atoms with E-state index in [1.54, 1.807) is 0 Å². The summed E-state index contributed by atoms with van der Waals surface area (Å²) >= 11 is 0. The summed E-state index contributed by atoms with van der Waals surface area (Å²) in [7, 11) is 0. The summed E-state index contributed by atoms with van der Waals surface area (Å²) in [5, 5.41) is 0. The minimum Gasteiger partial charge on any atom is -0.166 e. The fraction of sp³-hybridized carbons (Fsp3) is 0.600. The minimum atomic E-state index is -4.27. The van der Waals surface area contributed by atoms with Gasteiger partial charge in [0.05, 0.1) is 5.57 Å². The van der Waals surface area contributed by atoms with E-state index in [0.29, 0.717) is 12.3 Å². The summed E-state index contributed by atoms with van der Waals surface area (Å²) < 4.78 is 38.9. The zero-order valence-corrected chi connectivity index (χ0v) is 10.5. The second kappa shape index (κ2) is 5.22. The number of halogens is 3. The van der Waals surface area contributed by atoms with Crippen molar-refractivity contribution in [1.82, 2.24) is 0 Å². The van der Waals surface area contributed by atoms with Crippen LogP contribution in [-0.2, 0) is 0 Å². The highest BCUT2D eigenvalue weighted by Gasteiger charge is 2.36. The maximum absolute atomic E-state index is 13.0. The Morgan fingerprint density at radius 1 is 1.28 bits per heavy atom. The number of allylic oxidation sites excluding steroid dienone is 4. The average Bonchev–Trinajstić information content (AvgIpc) is 3.10. The van der Waals surface area contributed by atoms with Gasteiger partial charge in [-0.1, -0.05) is 30.8 Å². The Morgan fingerprint density at radius 2 is 2.00 bits per heavy atom. The number of hydrogen-bond acceptors (Lipinski definition) is 0. The standard InChI is InChI=1S/C15H17F3/c1-2-3-12-7-9-13(8-6-11-4-5-11)14(10-12)15(16,17)18/h10-11H,2-5,7,9H2,1H3. The number of rotatable bonds is 2. The Bertz CT molecular complexity index is 437. The van der Waals surface area contributed by atoms with E-state index in [-0.39, 0.29) is 5.57 Å². The van der Waals surface area contributed by atoms with Gasteiger partial charge in [0.15, 0.2) is 0 Å². The van der Waals surface area contributed by atoms with E-state index < -0.39 is 11.7 Å². The zero-order valence-electron chi connectivity index (χ0n) is 10.5. The Labute approximate surface area is 106 Å².